The highest BCUT2D eigenvalue weighted by molar-refractivity contribution is 7.07. The number of hydrazine groups is 1. The van der Waals surface area contributed by atoms with Crippen molar-refractivity contribution in [3.05, 3.63) is 10.6 Å². The van der Waals surface area contributed by atoms with Gasteiger partial charge in [-0.25, -0.2) is 10.2 Å². The average Bonchev–Trinajstić information content (AvgIpc) is 2.47. The van der Waals surface area contributed by atoms with Crippen LogP contribution in [0.3, 0.4) is 0 Å². The van der Waals surface area contributed by atoms with Crippen molar-refractivity contribution in [3.8, 4) is 0 Å². The third kappa shape index (κ3) is 2.37. The molecule has 0 fully saturated rings. The minimum absolute atomic E-state index is 0.341. The van der Waals surface area contributed by atoms with Crippen molar-refractivity contribution in [2.45, 2.75) is 6.92 Å². The second-order valence-corrected chi connectivity index (χ2v) is 2.88. The Morgan fingerprint density at radius 2 is 2.15 bits per heavy atom. The zero-order valence-electron chi connectivity index (χ0n) is 6.70. The number of carbonyl (C=O) groups is 2. The number of primary amides is 1. The molecule has 1 aromatic rings. The lowest BCUT2D eigenvalue weighted by Gasteiger charge is -2.01. The molecule has 0 spiro atoms. The quantitative estimate of drug-likeness (QED) is 0.514. The Kier molecular flexibility index (Phi) is 2.75. The van der Waals surface area contributed by atoms with Gasteiger partial charge in [0.1, 0.15) is 4.88 Å². The number of hydrogen-bond donors (Lipinski definition) is 3. The Morgan fingerprint density at radius 3 is 2.62 bits per heavy atom. The van der Waals surface area contributed by atoms with Crippen LogP contribution in [-0.2, 0) is 0 Å². The smallest absolute Gasteiger partial charge is 0.330 e. The summed E-state index contributed by atoms with van der Waals surface area (Å²) in [6.07, 6.45) is 0. The van der Waals surface area contributed by atoms with Crippen LogP contribution in [0.2, 0.25) is 0 Å². The van der Waals surface area contributed by atoms with Crippen molar-refractivity contribution < 1.29 is 9.59 Å². The van der Waals surface area contributed by atoms with Gasteiger partial charge in [-0.1, -0.05) is 4.49 Å². The SMILES string of the molecule is Cc1nnsc1C(=O)NNC(N)=O. The molecule has 8 heteroatoms. The molecule has 0 saturated heterocycles. The maximum absolute atomic E-state index is 11.2. The Morgan fingerprint density at radius 1 is 1.46 bits per heavy atom. The lowest BCUT2D eigenvalue weighted by atomic mass is 10.4. The van der Waals surface area contributed by atoms with Crippen molar-refractivity contribution in [1.82, 2.24) is 20.4 Å². The van der Waals surface area contributed by atoms with E-state index in [0.29, 0.717) is 10.6 Å². The van der Waals surface area contributed by atoms with Crippen LogP contribution in [0.1, 0.15) is 15.4 Å². The van der Waals surface area contributed by atoms with Crippen molar-refractivity contribution in [2.24, 2.45) is 5.73 Å². The molecule has 0 atom stereocenters. The predicted octanol–water partition coefficient (Wildman–Crippen LogP) is -0.840. The lowest BCUT2D eigenvalue weighted by Crippen LogP contribution is -2.44. The van der Waals surface area contributed by atoms with Crippen LogP contribution in [-0.4, -0.2) is 21.5 Å². The second-order valence-electron chi connectivity index (χ2n) is 2.13. The van der Waals surface area contributed by atoms with E-state index in [-0.39, 0.29) is 0 Å². The summed E-state index contributed by atoms with van der Waals surface area (Å²) in [6.45, 7) is 1.64. The molecule has 70 valence electrons. The van der Waals surface area contributed by atoms with Crippen LogP contribution in [0.5, 0.6) is 0 Å². The first-order chi connectivity index (χ1) is 6.11. The van der Waals surface area contributed by atoms with Gasteiger partial charge in [0.05, 0.1) is 5.69 Å². The van der Waals surface area contributed by atoms with E-state index >= 15 is 0 Å². The third-order valence-electron chi connectivity index (χ3n) is 1.16. The third-order valence-corrected chi connectivity index (χ3v) is 1.98. The number of nitrogens with two attached hydrogens (primary N) is 1. The molecule has 13 heavy (non-hydrogen) atoms. The molecule has 3 amide bonds. The number of amides is 3. The van der Waals surface area contributed by atoms with Crippen molar-refractivity contribution in [2.75, 3.05) is 0 Å². The first-order valence-corrected chi connectivity index (χ1v) is 4.03. The van der Waals surface area contributed by atoms with E-state index in [2.05, 4.69) is 15.0 Å². The summed E-state index contributed by atoms with van der Waals surface area (Å²) < 4.78 is 3.56. The Balaban J connectivity index is 2.59. The minimum atomic E-state index is -0.830. The topological polar surface area (TPSA) is 110 Å². The van der Waals surface area contributed by atoms with Gasteiger partial charge in [0.15, 0.2) is 0 Å². The van der Waals surface area contributed by atoms with E-state index in [0.717, 1.165) is 11.5 Å². The molecule has 0 aromatic carbocycles. The Labute approximate surface area is 77.4 Å². The molecule has 0 radical (unpaired) electrons. The van der Waals surface area contributed by atoms with Gasteiger partial charge in [-0.05, 0) is 18.5 Å². The van der Waals surface area contributed by atoms with Gasteiger partial charge in [0, 0.05) is 0 Å². The first-order valence-electron chi connectivity index (χ1n) is 3.26. The summed E-state index contributed by atoms with van der Waals surface area (Å²) in [5, 5.41) is 3.63. The van der Waals surface area contributed by atoms with Crippen molar-refractivity contribution in [1.29, 1.82) is 0 Å². The fraction of sp³-hybridized carbons (Fsp3) is 0.200. The molecule has 4 N–H and O–H groups in total. The molecule has 0 saturated carbocycles. The van der Waals surface area contributed by atoms with Gasteiger partial charge in [-0.3, -0.25) is 10.2 Å². The molecule has 1 heterocycles. The average molecular weight is 201 g/mol. The molecule has 0 unspecified atom stereocenters. The predicted molar refractivity (Wildman–Crippen MR) is 44.8 cm³/mol. The molecule has 1 rings (SSSR count). The number of aryl methyl sites for hydroxylation is 1. The van der Waals surface area contributed by atoms with Gasteiger partial charge in [0.2, 0.25) is 0 Å². The maximum Gasteiger partial charge on any atom is 0.330 e. The van der Waals surface area contributed by atoms with Crippen molar-refractivity contribution in [3.63, 3.8) is 0 Å². The van der Waals surface area contributed by atoms with E-state index in [4.69, 9.17) is 5.73 Å². The van der Waals surface area contributed by atoms with Crippen LogP contribution in [0.4, 0.5) is 4.79 Å². The summed E-state index contributed by atoms with van der Waals surface area (Å²) in [7, 11) is 0. The Hall–Kier alpha value is -1.70. The summed E-state index contributed by atoms with van der Waals surface area (Å²) in [6, 6.07) is -0.830. The molecule has 1 aromatic heterocycles. The standard InChI is InChI=1S/C5H7N5O2S/c1-2-3(13-10-7-2)4(11)8-9-5(6)12/h1H3,(H,8,11)(H3,6,9,12). The number of urea groups is 1. The van der Waals surface area contributed by atoms with E-state index in [1.807, 2.05) is 5.43 Å². The first kappa shape index (κ1) is 9.39. The van der Waals surface area contributed by atoms with E-state index in [1.165, 1.54) is 0 Å². The van der Waals surface area contributed by atoms with Crippen molar-refractivity contribution >= 4 is 23.5 Å². The van der Waals surface area contributed by atoms with Crippen LogP contribution in [0.15, 0.2) is 0 Å². The zero-order chi connectivity index (χ0) is 9.84. The number of nitrogens with one attached hydrogen (secondary N) is 2. The minimum Gasteiger partial charge on any atom is -0.350 e. The summed E-state index contributed by atoms with van der Waals surface area (Å²) >= 11 is 0.944. The second kappa shape index (κ2) is 3.81. The van der Waals surface area contributed by atoms with Crippen LogP contribution in [0.25, 0.3) is 0 Å². The number of aromatic nitrogens is 2. The number of nitrogens with zero attached hydrogens (tertiary/aromatic N) is 2. The summed E-state index contributed by atoms with van der Waals surface area (Å²) in [5.41, 5.74) is 9.29. The van der Waals surface area contributed by atoms with Gasteiger partial charge in [-0.2, -0.15) is 0 Å². The zero-order valence-corrected chi connectivity index (χ0v) is 7.51. The molecule has 0 aliphatic rings. The van der Waals surface area contributed by atoms with Gasteiger partial charge >= 0.3 is 6.03 Å². The fourth-order valence-electron chi connectivity index (χ4n) is 0.615. The largest absolute Gasteiger partial charge is 0.350 e. The maximum atomic E-state index is 11.2. The number of hydrogen-bond acceptors (Lipinski definition) is 5. The molecule has 7 nitrogen and oxygen atoms in total. The monoisotopic (exact) mass is 201 g/mol. The normalized spacial score (nSPS) is 9.31. The van der Waals surface area contributed by atoms with Crippen LogP contribution >= 0.6 is 11.5 Å². The highest BCUT2D eigenvalue weighted by atomic mass is 32.1. The number of rotatable bonds is 1. The summed E-state index contributed by atoms with van der Waals surface area (Å²) in [5.74, 6) is -0.480. The van der Waals surface area contributed by atoms with E-state index in [1.54, 1.807) is 6.92 Å². The molecular formula is C5H7N5O2S. The lowest BCUT2D eigenvalue weighted by molar-refractivity contribution is 0.0940. The van der Waals surface area contributed by atoms with Gasteiger partial charge in [0.25, 0.3) is 5.91 Å². The highest BCUT2D eigenvalue weighted by Gasteiger charge is 2.12. The number of carbonyl (C=O) groups excluding carboxylic acids is 2. The van der Waals surface area contributed by atoms with Gasteiger partial charge in [-0.15, -0.1) is 5.10 Å². The van der Waals surface area contributed by atoms with E-state index < -0.39 is 11.9 Å². The molecular weight excluding hydrogens is 194 g/mol. The molecule has 0 aliphatic carbocycles. The molecule has 0 aliphatic heterocycles. The Bertz CT molecular complexity index is 335. The van der Waals surface area contributed by atoms with Crippen LogP contribution in [0, 0.1) is 6.92 Å². The highest BCUT2D eigenvalue weighted by Crippen LogP contribution is 2.07. The van der Waals surface area contributed by atoms with E-state index in [9.17, 15) is 9.59 Å². The van der Waals surface area contributed by atoms with Crippen LogP contribution < -0.4 is 16.6 Å². The molecule has 0 bridgehead atoms. The summed E-state index contributed by atoms with van der Waals surface area (Å²) in [4.78, 5) is 21.7. The fourth-order valence-corrected chi connectivity index (χ4v) is 1.17. The van der Waals surface area contributed by atoms with Gasteiger partial charge < -0.3 is 5.73 Å².